The summed E-state index contributed by atoms with van der Waals surface area (Å²) in [4.78, 5) is 20.2. The standard InChI is InChI=1S/C4H8BNO3/c1-2(3(7)8)6-4(5)9/h2H,5H2,1H3,(H,6,9)(H,7,8)/t2-/m0/s1. The number of amides is 1. The summed E-state index contributed by atoms with van der Waals surface area (Å²) in [6, 6.07) is -0.789. The van der Waals surface area contributed by atoms with Crippen LogP contribution in [0.3, 0.4) is 0 Å². The van der Waals surface area contributed by atoms with Crippen molar-refractivity contribution in [1.82, 2.24) is 5.32 Å². The van der Waals surface area contributed by atoms with Gasteiger partial charge < -0.3 is 10.4 Å². The van der Waals surface area contributed by atoms with Crippen LogP contribution in [0.4, 0.5) is 4.79 Å². The molecule has 0 saturated carbocycles. The molecule has 0 radical (unpaired) electrons. The Labute approximate surface area is 53.7 Å². The molecule has 0 aromatic rings. The average molecular weight is 129 g/mol. The third kappa shape index (κ3) is 3.58. The van der Waals surface area contributed by atoms with Gasteiger partial charge in [0.05, 0.1) is 0 Å². The smallest absolute Gasteiger partial charge is 0.325 e. The molecule has 5 heteroatoms. The molecule has 1 atom stereocenters. The number of hydrogen-bond donors (Lipinski definition) is 2. The normalized spacial score (nSPS) is 12.1. The van der Waals surface area contributed by atoms with E-state index in [2.05, 4.69) is 5.32 Å². The predicted octanol–water partition coefficient (Wildman–Crippen LogP) is -1.20. The number of hydrogen-bond acceptors (Lipinski definition) is 2. The lowest BCUT2D eigenvalue weighted by Crippen LogP contribution is -2.37. The highest BCUT2D eigenvalue weighted by Gasteiger charge is 2.09. The van der Waals surface area contributed by atoms with Gasteiger partial charge in [-0.15, -0.1) is 0 Å². The van der Waals surface area contributed by atoms with Crippen molar-refractivity contribution < 1.29 is 14.7 Å². The maximum atomic E-state index is 10.2. The van der Waals surface area contributed by atoms with Crippen molar-refractivity contribution in [2.45, 2.75) is 13.0 Å². The molecule has 0 unspecified atom stereocenters. The van der Waals surface area contributed by atoms with E-state index >= 15 is 0 Å². The van der Waals surface area contributed by atoms with Crippen LogP contribution >= 0.6 is 0 Å². The van der Waals surface area contributed by atoms with Gasteiger partial charge in [0, 0.05) is 0 Å². The van der Waals surface area contributed by atoms with Gasteiger partial charge in [-0.2, -0.15) is 0 Å². The van der Waals surface area contributed by atoms with Crippen molar-refractivity contribution in [2.24, 2.45) is 0 Å². The molecule has 0 saturated heterocycles. The Hall–Kier alpha value is -0.995. The second-order valence-corrected chi connectivity index (χ2v) is 1.76. The summed E-state index contributed by atoms with van der Waals surface area (Å²) in [7, 11) is 1.28. The van der Waals surface area contributed by atoms with Crippen LogP contribution < -0.4 is 5.32 Å². The molecule has 0 aliphatic carbocycles. The lowest BCUT2D eigenvalue weighted by atomic mass is 10.1. The van der Waals surface area contributed by atoms with E-state index < -0.39 is 12.0 Å². The molecule has 0 aliphatic heterocycles. The highest BCUT2D eigenvalue weighted by molar-refractivity contribution is 6.57. The first-order valence-corrected chi connectivity index (χ1v) is 2.54. The van der Waals surface area contributed by atoms with Crippen molar-refractivity contribution in [3.8, 4) is 0 Å². The van der Waals surface area contributed by atoms with Gasteiger partial charge in [0.2, 0.25) is 7.85 Å². The summed E-state index contributed by atoms with van der Waals surface area (Å²) in [5, 5.41) is 10.4. The Morgan fingerprint density at radius 1 is 1.67 bits per heavy atom. The van der Waals surface area contributed by atoms with E-state index in [1.807, 2.05) is 0 Å². The number of carboxylic acids is 1. The van der Waals surface area contributed by atoms with Crippen LogP contribution in [0, 0.1) is 0 Å². The molecule has 9 heavy (non-hydrogen) atoms. The van der Waals surface area contributed by atoms with Crippen molar-refractivity contribution >= 4 is 19.6 Å². The SMILES string of the molecule is BC(=O)N[C@@H](C)C(=O)O. The van der Waals surface area contributed by atoms with Crippen LogP contribution in [0.5, 0.6) is 0 Å². The Morgan fingerprint density at radius 2 is 2.11 bits per heavy atom. The molecule has 4 nitrogen and oxygen atoms in total. The van der Waals surface area contributed by atoms with E-state index in [9.17, 15) is 9.59 Å². The Kier molecular flexibility index (Phi) is 2.77. The zero-order valence-corrected chi connectivity index (χ0v) is 5.34. The van der Waals surface area contributed by atoms with Gasteiger partial charge in [-0.25, -0.2) is 0 Å². The van der Waals surface area contributed by atoms with Crippen LogP contribution in [-0.4, -0.2) is 30.8 Å². The molecule has 0 aliphatic rings. The summed E-state index contributed by atoms with van der Waals surface area (Å²) in [6.45, 7) is 1.41. The fourth-order valence-electron chi connectivity index (χ4n) is 0.367. The van der Waals surface area contributed by atoms with E-state index in [1.54, 1.807) is 0 Å². The van der Waals surface area contributed by atoms with Gasteiger partial charge in [-0.1, -0.05) is 0 Å². The van der Waals surface area contributed by atoms with Gasteiger partial charge in [0.1, 0.15) is 6.04 Å². The van der Waals surface area contributed by atoms with Crippen LogP contribution in [0.15, 0.2) is 0 Å². The number of carboxylic acid groups (broad SMARTS) is 1. The van der Waals surface area contributed by atoms with E-state index in [1.165, 1.54) is 14.8 Å². The number of rotatable bonds is 2. The van der Waals surface area contributed by atoms with Crippen molar-refractivity contribution in [2.75, 3.05) is 0 Å². The summed E-state index contributed by atoms with van der Waals surface area (Å²) in [5.41, 5.74) is 0. The first kappa shape index (κ1) is 8.00. The maximum Gasteiger partial charge on any atom is 0.325 e. The molecule has 0 bridgehead atoms. The molecule has 0 fully saturated rings. The molecule has 0 aromatic heterocycles. The topological polar surface area (TPSA) is 66.4 Å². The Balaban J connectivity index is 3.63. The zero-order chi connectivity index (χ0) is 7.44. The second-order valence-electron chi connectivity index (χ2n) is 1.76. The summed E-state index contributed by atoms with van der Waals surface area (Å²) in [5.74, 6) is -1.35. The molecule has 50 valence electrons. The molecular formula is C4H8BNO3. The zero-order valence-electron chi connectivity index (χ0n) is 5.34. The van der Waals surface area contributed by atoms with Crippen LogP contribution in [-0.2, 0) is 4.79 Å². The largest absolute Gasteiger partial charge is 0.480 e. The van der Waals surface area contributed by atoms with E-state index in [4.69, 9.17) is 5.11 Å². The van der Waals surface area contributed by atoms with Gasteiger partial charge in [0.15, 0.2) is 5.81 Å². The molecule has 0 aromatic carbocycles. The number of nitrogens with one attached hydrogen (secondary N) is 1. The summed E-state index contributed by atoms with van der Waals surface area (Å²) in [6.07, 6.45) is 0. The number of carbonyl (C=O) groups excluding carboxylic acids is 1. The minimum absolute atomic E-state index is 0.329. The highest BCUT2D eigenvalue weighted by atomic mass is 16.4. The fraction of sp³-hybridized carbons (Fsp3) is 0.500. The van der Waals surface area contributed by atoms with E-state index in [0.717, 1.165) is 0 Å². The number of aliphatic carboxylic acids is 1. The molecule has 2 N–H and O–H groups in total. The fourth-order valence-corrected chi connectivity index (χ4v) is 0.367. The monoisotopic (exact) mass is 129 g/mol. The minimum atomic E-state index is -1.02. The van der Waals surface area contributed by atoms with E-state index in [-0.39, 0.29) is 5.81 Å². The first-order valence-electron chi connectivity index (χ1n) is 2.54. The first-order chi connectivity index (χ1) is 4.04. The summed E-state index contributed by atoms with van der Waals surface area (Å²) < 4.78 is 0. The van der Waals surface area contributed by atoms with Crippen LogP contribution in [0.25, 0.3) is 0 Å². The third-order valence-electron chi connectivity index (χ3n) is 0.790. The van der Waals surface area contributed by atoms with Gasteiger partial charge in [-0.3, -0.25) is 9.59 Å². The average Bonchev–Trinajstić information content (AvgIpc) is 1.63. The molecule has 1 amide bonds. The lowest BCUT2D eigenvalue weighted by molar-refractivity contribution is -0.138. The van der Waals surface area contributed by atoms with Gasteiger partial charge >= 0.3 is 5.97 Å². The molecular weight excluding hydrogens is 121 g/mol. The maximum absolute atomic E-state index is 10.2. The number of carbonyl (C=O) groups is 2. The van der Waals surface area contributed by atoms with Crippen LogP contribution in [0.1, 0.15) is 6.92 Å². The third-order valence-corrected chi connectivity index (χ3v) is 0.790. The quantitative estimate of drug-likeness (QED) is 0.460. The minimum Gasteiger partial charge on any atom is -0.480 e. The predicted molar refractivity (Wildman–Crippen MR) is 34.2 cm³/mol. The molecule has 0 spiro atoms. The van der Waals surface area contributed by atoms with Crippen LogP contribution in [0.2, 0.25) is 0 Å². The van der Waals surface area contributed by atoms with Gasteiger partial charge in [0.25, 0.3) is 0 Å². The Morgan fingerprint density at radius 3 is 2.22 bits per heavy atom. The van der Waals surface area contributed by atoms with Crippen molar-refractivity contribution in [3.63, 3.8) is 0 Å². The summed E-state index contributed by atoms with van der Waals surface area (Å²) >= 11 is 0. The highest BCUT2D eigenvalue weighted by Crippen LogP contribution is 1.78. The second kappa shape index (κ2) is 3.12. The molecule has 0 rings (SSSR count). The van der Waals surface area contributed by atoms with Crippen molar-refractivity contribution in [1.29, 1.82) is 0 Å². The van der Waals surface area contributed by atoms with Crippen molar-refractivity contribution in [3.05, 3.63) is 0 Å². The van der Waals surface area contributed by atoms with Gasteiger partial charge in [-0.05, 0) is 6.92 Å². The Bertz CT molecular complexity index is 136. The molecule has 0 heterocycles. The lowest BCUT2D eigenvalue weighted by Gasteiger charge is -2.04. The van der Waals surface area contributed by atoms with E-state index in [0.29, 0.717) is 0 Å².